The molecule has 0 saturated heterocycles. The van der Waals surface area contributed by atoms with Crippen LogP contribution in [-0.4, -0.2) is 107 Å². The first-order chi connectivity index (χ1) is 15.5. The highest BCUT2D eigenvalue weighted by atomic mass is 16.7. The van der Waals surface area contributed by atoms with Crippen LogP contribution in [0.1, 0.15) is 19.3 Å². The van der Waals surface area contributed by atoms with Gasteiger partial charge < -0.3 is 48.5 Å². The molecule has 0 aliphatic rings. The number of aliphatic hydroxyl groups excluding tert-OH is 2. The molecule has 0 aromatic rings. The number of hydrogen-bond donors (Lipinski definition) is 3. The van der Waals surface area contributed by atoms with Gasteiger partial charge in [0.1, 0.15) is 26.1 Å². The topological polar surface area (TPSA) is 228 Å². The fraction of sp³-hybridized carbons (Fsp3) is 0.647. The highest BCUT2D eigenvalue weighted by Crippen LogP contribution is 1.89. The van der Waals surface area contributed by atoms with Crippen molar-refractivity contribution < 1.29 is 77.2 Å². The first-order valence-corrected chi connectivity index (χ1v) is 8.42. The van der Waals surface area contributed by atoms with Crippen molar-refractivity contribution >= 4 is 35.8 Å². The Hall–Kier alpha value is -3.34. The normalized spacial score (nSPS) is 8.45. The van der Waals surface area contributed by atoms with E-state index in [1.54, 1.807) is 0 Å². The Balaban J connectivity index is -0.000000178. The minimum atomic E-state index is -1.17. The van der Waals surface area contributed by atoms with Crippen LogP contribution < -0.4 is 0 Å². The minimum absolute atomic E-state index is 0.143. The number of esters is 5. The summed E-state index contributed by atoms with van der Waals surface area (Å²) >= 11 is 0. The van der Waals surface area contributed by atoms with Crippen LogP contribution in [0.15, 0.2) is 0 Å². The van der Waals surface area contributed by atoms with E-state index in [0.717, 1.165) is 14.2 Å². The molecule has 0 aromatic heterocycles. The number of carbonyl (C=O) groups excluding carboxylic acids is 5. The van der Waals surface area contributed by atoms with Gasteiger partial charge in [0.25, 0.3) is 0 Å². The molecular formula is C17H30O16. The molecule has 0 amide bonds. The summed E-state index contributed by atoms with van der Waals surface area (Å²) < 4.78 is 29.4. The van der Waals surface area contributed by atoms with Crippen molar-refractivity contribution in [2.45, 2.75) is 19.3 Å². The van der Waals surface area contributed by atoms with Crippen LogP contribution in [0.5, 0.6) is 0 Å². The second-order valence-electron chi connectivity index (χ2n) is 4.64. The van der Waals surface area contributed by atoms with Crippen molar-refractivity contribution in [1.82, 2.24) is 0 Å². The summed E-state index contributed by atoms with van der Waals surface area (Å²) in [5.74, 6) is -4.65. The number of aliphatic hydroxyl groups is 2. The molecule has 0 radical (unpaired) electrons. The van der Waals surface area contributed by atoms with Crippen LogP contribution >= 0.6 is 0 Å². The fourth-order valence-electron chi connectivity index (χ4n) is 0.874. The molecule has 0 aliphatic carbocycles. The average molecular weight is 490 g/mol. The van der Waals surface area contributed by atoms with Gasteiger partial charge in [-0.25, -0.2) is 0 Å². The van der Waals surface area contributed by atoms with Gasteiger partial charge in [-0.1, -0.05) is 0 Å². The summed E-state index contributed by atoms with van der Waals surface area (Å²) in [6, 6.07) is 0. The fourth-order valence-corrected chi connectivity index (χ4v) is 0.874. The number of hydrogen-bond acceptors (Lipinski definition) is 15. The Morgan fingerprint density at radius 3 is 1.15 bits per heavy atom. The van der Waals surface area contributed by atoms with E-state index in [1.807, 2.05) is 0 Å². The Morgan fingerprint density at radius 1 is 0.545 bits per heavy atom. The summed E-state index contributed by atoms with van der Waals surface area (Å²) in [6.45, 7) is -1.04. The molecule has 0 unspecified atom stereocenters. The lowest BCUT2D eigenvalue weighted by atomic mass is 10.4. The molecule has 0 heterocycles. The zero-order valence-electron chi connectivity index (χ0n) is 18.9. The van der Waals surface area contributed by atoms with Gasteiger partial charge in [0.15, 0.2) is 13.6 Å². The summed E-state index contributed by atoms with van der Waals surface area (Å²) in [5.41, 5.74) is 0. The van der Waals surface area contributed by atoms with Gasteiger partial charge in [-0.05, 0) is 0 Å². The number of aliphatic carboxylic acids is 1. The molecule has 0 aliphatic heterocycles. The van der Waals surface area contributed by atoms with Gasteiger partial charge in [0.05, 0.1) is 21.3 Å². The lowest BCUT2D eigenvalue weighted by molar-refractivity contribution is -0.161. The Bertz CT molecular complexity index is 557. The third kappa shape index (κ3) is 39.7. The van der Waals surface area contributed by atoms with Crippen molar-refractivity contribution in [2.75, 3.05) is 55.9 Å². The van der Waals surface area contributed by atoms with Crippen LogP contribution in [0.2, 0.25) is 0 Å². The monoisotopic (exact) mass is 490 g/mol. The van der Waals surface area contributed by atoms with Crippen LogP contribution in [0.4, 0.5) is 0 Å². The van der Waals surface area contributed by atoms with Crippen molar-refractivity contribution in [3.05, 3.63) is 0 Å². The van der Waals surface area contributed by atoms with Gasteiger partial charge in [-0.2, -0.15) is 0 Å². The van der Waals surface area contributed by atoms with E-state index in [1.165, 1.54) is 21.3 Å². The van der Waals surface area contributed by atoms with Gasteiger partial charge in [-0.15, -0.1) is 0 Å². The van der Waals surface area contributed by atoms with E-state index in [0.29, 0.717) is 0 Å². The number of ether oxygens (including phenoxy) is 7. The van der Waals surface area contributed by atoms with E-state index in [-0.39, 0.29) is 20.0 Å². The van der Waals surface area contributed by atoms with Crippen molar-refractivity contribution in [2.24, 2.45) is 0 Å². The zero-order chi connectivity index (χ0) is 26.7. The summed E-state index contributed by atoms with van der Waals surface area (Å²) in [4.78, 5) is 61.3. The van der Waals surface area contributed by atoms with Crippen LogP contribution in [0, 0.1) is 0 Å². The third-order valence-corrected chi connectivity index (χ3v) is 2.25. The molecule has 16 nitrogen and oxygen atoms in total. The van der Waals surface area contributed by atoms with Gasteiger partial charge in [-0.3, -0.25) is 28.8 Å². The molecule has 0 bridgehead atoms. The molecule has 194 valence electrons. The lowest BCUT2D eigenvalue weighted by Gasteiger charge is -2.00. The van der Waals surface area contributed by atoms with E-state index in [9.17, 15) is 28.8 Å². The van der Waals surface area contributed by atoms with E-state index in [2.05, 4.69) is 33.2 Å². The van der Waals surface area contributed by atoms with Gasteiger partial charge in [0.2, 0.25) is 0 Å². The van der Waals surface area contributed by atoms with E-state index in [4.69, 9.17) is 15.3 Å². The Labute approximate surface area is 189 Å². The molecule has 0 fully saturated rings. The summed E-state index contributed by atoms with van der Waals surface area (Å²) in [6.07, 6.45) is -1.40. The highest BCUT2D eigenvalue weighted by molar-refractivity contribution is 5.91. The van der Waals surface area contributed by atoms with Crippen LogP contribution in [0.3, 0.4) is 0 Å². The Kier molecular flexibility index (Phi) is 32.1. The SMILES string of the molecule is COC(=O)CC(=O)O.COC(=O)CC(=O)OCO.COCO.COCOC(=O)CC(=O)OC. The molecule has 16 heteroatoms. The van der Waals surface area contributed by atoms with Crippen LogP contribution in [-0.2, 0) is 61.9 Å². The van der Waals surface area contributed by atoms with Crippen LogP contribution in [0.25, 0.3) is 0 Å². The Morgan fingerprint density at radius 2 is 0.909 bits per heavy atom. The number of methoxy groups -OCH3 is 5. The lowest BCUT2D eigenvalue weighted by Crippen LogP contribution is -2.13. The first kappa shape index (κ1) is 37.0. The van der Waals surface area contributed by atoms with Crippen molar-refractivity contribution in [3.63, 3.8) is 0 Å². The minimum Gasteiger partial charge on any atom is -0.481 e. The van der Waals surface area contributed by atoms with Crippen molar-refractivity contribution in [3.8, 4) is 0 Å². The standard InChI is InChI=1S/C6H10O5.C5H8O5.C4H6O4.C2H6O2/c1-9-4-11-6(8)3-5(7)10-2;1-9-4(7)2-5(8)10-3-6;1-8-4(7)2-3(5)6;1-4-2-3/h3-4H2,1-2H3;6H,2-3H2,1H3;2H2,1H3,(H,5,6);3H,2H2,1H3. The maximum Gasteiger partial charge on any atom is 0.319 e. The largest absolute Gasteiger partial charge is 0.481 e. The molecule has 0 saturated carbocycles. The van der Waals surface area contributed by atoms with E-state index >= 15 is 0 Å². The number of carboxylic acid groups (broad SMARTS) is 1. The first-order valence-electron chi connectivity index (χ1n) is 8.42. The molecule has 0 aromatic carbocycles. The molecule has 3 N–H and O–H groups in total. The second-order valence-corrected chi connectivity index (χ2v) is 4.64. The van der Waals surface area contributed by atoms with Crippen molar-refractivity contribution in [1.29, 1.82) is 0 Å². The van der Waals surface area contributed by atoms with Gasteiger partial charge in [0, 0.05) is 14.2 Å². The number of carboxylic acids is 1. The number of carbonyl (C=O) groups is 6. The molecule has 33 heavy (non-hydrogen) atoms. The highest BCUT2D eigenvalue weighted by Gasteiger charge is 2.10. The average Bonchev–Trinajstić information content (AvgIpc) is 2.78. The second kappa shape index (κ2) is 28.7. The maximum atomic E-state index is 10.6. The zero-order valence-corrected chi connectivity index (χ0v) is 18.9. The third-order valence-electron chi connectivity index (χ3n) is 2.25. The quantitative estimate of drug-likeness (QED) is 0.130. The smallest absolute Gasteiger partial charge is 0.319 e. The number of rotatable bonds is 10. The maximum absolute atomic E-state index is 10.6. The predicted molar refractivity (Wildman–Crippen MR) is 103 cm³/mol. The molecule has 0 atom stereocenters. The predicted octanol–water partition coefficient (Wildman–Crippen LogP) is -2.04. The summed E-state index contributed by atoms with van der Waals surface area (Å²) in [7, 11) is 6.32. The van der Waals surface area contributed by atoms with Gasteiger partial charge >= 0.3 is 35.8 Å². The molecule has 0 rings (SSSR count). The molecular weight excluding hydrogens is 460 g/mol. The van der Waals surface area contributed by atoms with E-state index < -0.39 is 55.5 Å². The molecule has 0 spiro atoms. The summed E-state index contributed by atoms with van der Waals surface area (Å²) in [5, 5.41) is 23.6.